The fourth-order valence-corrected chi connectivity index (χ4v) is 3.27. The van der Waals surface area contributed by atoms with Gasteiger partial charge in [0.05, 0.1) is 6.10 Å². The first-order valence-corrected chi connectivity index (χ1v) is 6.99. The van der Waals surface area contributed by atoms with E-state index >= 15 is 0 Å². The Labute approximate surface area is 100 Å². The lowest BCUT2D eigenvalue weighted by Crippen LogP contribution is -2.52. The van der Waals surface area contributed by atoms with Gasteiger partial charge in [0.2, 0.25) is 0 Å². The van der Waals surface area contributed by atoms with Gasteiger partial charge in [-0.25, -0.2) is 0 Å². The fraction of sp³-hybridized carbons (Fsp3) is 1.00. The molecule has 0 radical (unpaired) electrons. The summed E-state index contributed by atoms with van der Waals surface area (Å²) < 4.78 is 0. The van der Waals surface area contributed by atoms with E-state index in [0.29, 0.717) is 6.04 Å². The van der Waals surface area contributed by atoms with E-state index in [1.54, 1.807) is 0 Å². The van der Waals surface area contributed by atoms with Crippen molar-refractivity contribution < 1.29 is 5.11 Å². The maximum absolute atomic E-state index is 10.2. The first-order valence-electron chi connectivity index (χ1n) is 6.99. The highest BCUT2D eigenvalue weighted by atomic mass is 16.3. The van der Waals surface area contributed by atoms with E-state index in [-0.39, 0.29) is 6.10 Å². The van der Waals surface area contributed by atoms with Crippen molar-refractivity contribution in [3.05, 3.63) is 0 Å². The number of likely N-dealkylation sites (N-methyl/N-ethyl adjacent to an activating group) is 1. The van der Waals surface area contributed by atoms with Gasteiger partial charge >= 0.3 is 0 Å². The van der Waals surface area contributed by atoms with Crippen LogP contribution in [0.15, 0.2) is 0 Å². The van der Waals surface area contributed by atoms with Crippen molar-refractivity contribution in [3.8, 4) is 0 Å². The van der Waals surface area contributed by atoms with Gasteiger partial charge in [0.1, 0.15) is 0 Å². The Morgan fingerprint density at radius 2 is 1.81 bits per heavy atom. The SMILES string of the molecule is CC(C)C1CCC(O)C(N(C)C2CCC2)C1. The van der Waals surface area contributed by atoms with Crippen molar-refractivity contribution in [1.82, 2.24) is 4.90 Å². The van der Waals surface area contributed by atoms with Crippen molar-refractivity contribution in [2.75, 3.05) is 7.05 Å². The molecule has 1 N–H and O–H groups in total. The molecule has 2 fully saturated rings. The van der Waals surface area contributed by atoms with E-state index in [4.69, 9.17) is 0 Å². The second-order valence-electron chi connectivity index (χ2n) is 6.20. The zero-order valence-corrected chi connectivity index (χ0v) is 11.0. The molecule has 16 heavy (non-hydrogen) atoms. The van der Waals surface area contributed by atoms with Crippen LogP contribution in [0.2, 0.25) is 0 Å². The van der Waals surface area contributed by atoms with Gasteiger partial charge in [-0.2, -0.15) is 0 Å². The standard InChI is InChI=1S/C14H27NO/c1-10(2)11-7-8-14(16)13(9-11)15(3)12-5-4-6-12/h10-14,16H,4-9H2,1-3H3. The third-order valence-corrected chi connectivity index (χ3v) is 4.94. The first kappa shape index (κ1) is 12.4. The Balaban J connectivity index is 1.94. The van der Waals surface area contributed by atoms with E-state index in [9.17, 15) is 5.11 Å². The molecule has 3 atom stereocenters. The molecule has 3 unspecified atom stereocenters. The van der Waals surface area contributed by atoms with E-state index in [1.165, 1.54) is 32.1 Å². The quantitative estimate of drug-likeness (QED) is 0.798. The maximum Gasteiger partial charge on any atom is 0.0695 e. The van der Waals surface area contributed by atoms with Crippen LogP contribution in [0.3, 0.4) is 0 Å². The molecule has 0 amide bonds. The van der Waals surface area contributed by atoms with Crippen molar-refractivity contribution in [1.29, 1.82) is 0 Å². The monoisotopic (exact) mass is 225 g/mol. The molecular weight excluding hydrogens is 198 g/mol. The molecule has 0 heterocycles. The van der Waals surface area contributed by atoms with Crippen LogP contribution >= 0.6 is 0 Å². The maximum atomic E-state index is 10.2. The molecule has 0 bridgehead atoms. The average Bonchev–Trinajstić information content (AvgIpc) is 2.15. The highest BCUT2D eigenvalue weighted by molar-refractivity contribution is 4.91. The normalized spacial score (nSPS) is 36.8. The minimum atomic E-state index is -0.0828. The second-order valence-corrected chi connectivity index (χ2v) is 6.20. The van der Waals surface area contributed by atoms with Crippen LogP contribution < -0.4 is 0 Å². The Kier molecular flexibility index (Phi) is 3.91. The fourth-order valence-electron chi connectivity index (χ4n) is 3.27. The largest absolute Gasteiger partial charge is 0.391 e. The smallest absolute Gasteiger partial charge is 0.0695 e. The molecule has 0 aromatic rings. The second kappa shape index (κ2) is 5.05. The minimum Gasteiger partial charge on any atom is -0.391 e. The number of aliphatic hydroxyl groups is 1. The third kappa shape index (κ3) is 2.43. The molecule has 2 nitrogen and oxygen atoms in total. The number of rotatable bonds is 3. The zero-order valence-electron chi connectivity index (χ0n) is 11.0. The molecule has 94 valence electrons. The summed E-state index contributed by atoms with van der Waals surface area (Å²) >= 11 is 0. The summed E-state index contributed by atoms with van der Waals surface area (Å²) in [5, 5.41) is 10.2. The summed E-state index contributed by atoms with van der Waals surface area (Å²) in [5.41, 5.74) is 0. The number of aliphatic hydroxyl groups excluding tert-OH is 1. The van der Waals surface area contributed by atoms with Gasteiger partial charge in [-0.1, -0.05) is 20.3 Å². The van der Waals surface area contributed by atoms with Crippen LogP contribution in [0.4, 0.5) is 0 Å². The van der Waals surface area contributed by atoms with Crippen molar-refractivity contribution in [3.63, 3.8) is 0 Å². The predicted molar refractivity (Wildman–Crippen MR) is 67.4 cm³/mol. The Morgan fingerprint density at radius 3 is 2.31 bits per heavy atom. The van der Waals surface area contributed by atoms with Crippen LogP contribution in [0, 0.1) is 11.8 Å². The lowest BCUT2D eigenvalue weighted by molar-refractivity contribution is -0.0246. The third-order valence-electron chi connectivity index (χ3n) is 4.94. The molecule has 0 aliphatic heterocycles. The Bertz CT molecular complexity index is 225. The van der Waals surface area contributed by atoms with Crippen LogP contribution in [0.5, 0.6) is 0 Å². The molecule has 0 aromatic heterocycles. The van der Waals surface area contributed by atoms with Crippen LogP contribution in [0.1, 0.15) is 52.4 Å². The van der Waals surface area contributed by atoms with Crippen molar-refractivity contribution in [2.24, 2.45) is 11.8 Å². The van der Waals surface area contributed by atoms with Gasteiger partial charge in [-0.15, -0.1) is 0 Å². The van der Waals surface area contributed by atoms with Gasteiger partial charge in [0.15, 0.2) is 0 Å². The van der Waals surface area contributed by atoms with Crippen LogP contribution in [-0.4, -0.2) is 35.2 Å². The number of nitrogens with zero attached hydrogens (tertiary/aromatic N) is 1. The highest BCUT2D eigenvalue weighted by Gasteiger charge is 2.36. The summed E-state index contributed by atoms with van der Waals surface area (Å²) in [7, 11) is 2.22. The highest BCUT2D eigenvalue weighted by Crippen LogP contribution is 2.35. The molecule has 0 spiro atoms. The molecule has 2 rings (SSSR count). The summed E-state index contributed by atoms with van der Waals surface area (Å²) in [5.74, 6) is 1.58. The lowest BCUT2D eigenvalue weighted by atomic mass is 9.76. The van der Waals surface area contributed by atoms with Crippen molar-refractivity contribution >= 4 is 0 Å². The van der Waals surface area contributed by atoms with Gasteiger partial charge in [-0.3, -0.25) is 4.90 Å². The summed E-state index contributed by atoms with van der Waals surface area (Å²) in [6, 6.07) is 1.18. The van der Waals surface area contributed by atoms with E-state index < -0.39 is 0 Å². The van der Waals surface area contributed by atoms with E-state index in [0.717, 1.165) is 24.3 Å². The van der Waals surface area contributed by atoms with Gasteiger partial charge in [0, 0.05) is 12.1 Å². The van der Waals surface area contributed by atoms with Crippen LogP contribution in [-0.2, 0) is 0 Å². The first-order chi connectivity index (χ1) is 7.59. The molecule has 2 heteroatoms. The Hall–Kier alpha value is -0.0800. The zero-order chi connectivity index (χ0) is 11.7. The lowest BCUT2D eigenvalue weighted by Gasteiger charge is -2.46. The van der Waals surface area contributed by atoms with Crippen molar-refractivity contribution in [2.45, 2.75) is 70.6 Å². The molecule has 0 saturated heterocycles. The topological polar surface area (TPSA) is 23.5 Å². The molecule has 2 aliphatic carbocycles. The average molecular weight is 225 g/mol. The van der Waals surface area contributed by atoms with Gasteiger partial charge in [-0.05, 0) is 51.0 Å². The van der Waals surface area contributed by atoms with E-state index in [1.807, 2.05) is 0 Å². The van der Waals surface area contributed by atoms with Gasteiger partial charge < -0.3 is 5.11 Å². The molecular formula is C14H27NO. The number of hydrogen-bond acceptors (Lipinski definition) is 2. The van der Waals surface area contributed by atoms with Gasteiger partial charge in [0.25, 0.3) is 0 Å². The predicted octanol–water partition coefficient (Wildman–Crippen LogP) is 2.66. The molecule has 0 aromatic carbocycles. The summed E-state index contributed by atoms with van der Waals surface area (Å²) in [6.07, 6.45) is 7.40. The van der Waals surface area contributed by atoms with Crippen LogP contribution in [0.25, 0.3) is 0 Å². The Morgan fingerprint density at radius 1 is 1.12 bits per heavy atom. The summed E-state index contributed by atoms with van der Waals surface area (Å²) in [6.45, 7) is 4.64. The summed E-state index contributed by atoms with van der Waals surface area (Å²) in [4.78, 5) is 2.47. The molecule has 2 saturated carbocycles. The van der Waals surface area contributed by atoms with E-state index in [2.05, 4.69) is 25.8 Å². The minimum absolute atomic E-state index is 0.0828. The number of hydrogen-bond donors (Lipinski definition) is 1. The molecule has 2 aliphatic rings.